The molecule has 212 valence electrons. The summed E-state index contributed by atoms with van der Waals surface area (Å²) in [7, 11) is 6.43. The maximum absolute atomic E-state index is 13.7. The molecule has 0 amide bonds. The van der Waals surface area contributed by atoms with E-state index < -0.39 is 24.4 Å². The Morgan fingerprint density at radius 1 is 0.684 bits per heavy atom. The normalized spacial score (nSPS) is 14.5. The number of hydrogen-bond donors (Lipinski definition) is 2. The second-order valence-electron chi connectivity index (χ2n) is 9.20. The lowest BCUT2D eigenvalue weighted by Crippen LogP contribution is -2.22. The Morgan fingerprint density at radius 2 is 1.08 bits per heavy atom. The fourth-order valence-corrected chi connectivity index (χ4v) is 4.13. The molecular formula is C29H44N2O7. The number of benzene rings is 2. The molecule has 0 aromatic heterocycles. The van der Waals surface area contributed by atoms with E-state index in [1.54, 1.807) is 28.4 Å². The first-order chi connectivity index (χ1) is 18.3. The van der Waals surface area contributed by atoms with E-state index >= 15 is 0 Å². The lowest BCUT2D eigenvalue weighted by Gasteiger charge is -2.22. The van der Waals surface area contributed by atoms with Gasteiger partial charge >= 0.3 is 0 Å². The Morgan fingerprint density at radius 3 is 1.39 bits per heavy atom. The summed E-state index contributed by atoms with van der Waals surface area (Å²) in [5, 5.41) is 0. The third-order valence-corrected chi connectivity index (χ3v) is 6.48. The molecule has 0 fully saturated rings. The van der Waals surface area contributed by atoms with Gasteiger partial charge in [-0.25, -0.2) is 0 Å². The lowest BCUT2D eigenvalue weighted by atomic mass is 9.84. The van der Waals surface area contributed by atoms with E-state index in [0.717, 1.165) is 22.3 Å². The van der Waals surface area contributed by atoms with Crippen LogP contribution < -0.4 is 20.9 Å². The monoisotopic (exact) mass is 532 g/mol. The van der Waals surface area contributed by atoms with E-state index in [2.05, 4.69) is 0 Å². The Kier molecular flexibility index (Phi) is 13.7. The van der Waals surface area contributed by atoms with Gasteiger partial charge in [-0.05, 0) is 46.5 Å². The van der Waals surface area contributed by atoms with Gasteiger partial charge in [-0.2, -0.15) is 0 Å². The van der Waals surface area contributed by atoms with Crippen LogP contribution in [0.5, 0.6) is 11.5 Å². The predicted octanol–water partition coefficient (Wildman–Crippen LogP) is 3.86. The molecule has 9 nitrogen and oxygen atoms in total. The molecule has 0 aliphatic heterocycles. The van der Waals surface area contributed by atoms with E-state index in [0.29, 0.717) is 50.6 Å². The number of ether oxygens (including phenoxy) is 6. The summed E-state index contributed by atoms with van der Waals surface area (Å²) in [5.41, 5.74) is 15.3. The van der Waals surface area contributed by atoms with Crippen molar-refractivity contribution in [3.63, 3.8) is 0 Å². The maximum Gasteiger partial charge on any atom is 0.201 e. The first kappa shape index (κ1) is 31.7. The van der Waals surface area contributed by atoms with Gasteiger partial charge in [0, 0.05) is 66.2 Å². The standard InChI is InChI=1S/C29H44N2O7/c1-19(23-11-21(17-30)13-25(15-23)37-27(35-5)7-9-33-3)29(32)20(2)24-12-22(18-31)14-26(16-24)38-28(36-6)8-10-34-4/h11-16,19-20,27-28H,7-10,17-18,30-31H2,1-6H3. The molecule has 2 rings (SSSR count). The molecule has 0 spiro atoms. The van der Waals surface area contributed by atoms with Gasteiger partial charge in [-0.1, -0.05) is 26.0 Å². The summed E-state index contributed by atoms with van der Waals surface area (Å²) in [6, 6.07) is 11.4. The van der Waals surface area contributed by atoms with Crippen molar-refractivity contribution in [1.29, 1.82) is 0 Å². The molecule has 0 heterocycles. The fraction of sp³-hybridized carbons (Fsp3) is 0.552. The fourth-order valence-electron chi connectivity index (χ4n) is 4.13. The highest BCUT2D eigenvalue weighted by molar-refractivity contribution is 5.91. The molecule has 38 heavy (non-hydrogen) atoms. The van der Waals surface area contributed by atoms with Gasteiger partial charge in [0.15, 0.2) is 0 Å². The van der Waals surface area contributed by atoms with Crippen molar-refractivity contribution >= 4 is 5.78 Å². The summed E-state index contributed by atoms with van der Waals surface area (Å²) in [4.78, 5) is 13.7. The van der Waals surface area contributed by atoms with Gasteiger partial charge in [0.2, 0.25) is 12.6 Å². The topological polar surface area (TPSA) is 124 Å². The quantitative estimate of drug-likeness (QED) is 0.275. The molecular weight excluding hydrogens is 488 g/mol. The minimum absolute atomic E-state index is 0.0515. The largest absolute Gasteiger partial charge is 0.465 e. The van der Waals surface area contributed by atoms with Gasteiger partial charge in [0.05, 0.1) is 13.2 Å². The molecule has 0 aliphatic rings. The van der Waals surface area contributed by atoms with E-state index in [1.807, 2.05) is 50.2 Å². The number of ketones is 1. The van der Waals surface area contributed by atoms with E-state index in [4.69, 9.17) is 39.9 Å². The number of methoxy groups -OCH3 is 4. The number of rotatable bonds is 18. The highest BCUT2D eigenvalue weighted by atomic mass is 16.7. The Hall–Kier alpha value is -2.53. The Bertz CT molecular complexity index is 923. The van der Waals surface area contributed by atoms with Crippen LogP contribution in [0.4, 0.5) is 0 Å². The molecule has 0 radical (unpaired) electrons. The van der Waals surface area contributed by atoms with Crippen molar-refractivity contribution in [2.75, 3.05) is 41.7 Å². The van der Waals surface area contributed by atoms with Crippen LogP contribution in [0.3, 0.4) is 0 Å². The SMILES string of the molecule is COCCC(OC)Oc1cc(CN)cc(C(C)C(=O)C(C)c2cc(CN)cc(OC(CCOC)OC)c2)c1. The second kappa shape index (κ2) is 16.4. The molecule has 9 heteroatoms. The first-order valence-corrected chi connectivity index (χ1v) is 12.9. The molecule has 4 atom stereocenters. The Labute approximate surface area is 226 Å². The molecule has 0 bridgehead atoms. The van der Waals surface area contributed by atoms with Crippen molar-refractivity contribution < 1.29 is 33.2 Å². The van der Waals surface area contributed by atoms with Crippen LogP contribution in [-0.4, -0.2) is 60.0 Å². The molecule has 2 aromatic rings. The van der Waals surface area contributed by atoms with Gasteiger partial charge < -0.3 is 39.9 Å². The molecule has 4 unspecified atom stereocenters. The molecule has 0 saturated carbocycles. The van der Waals surface area contributed by atoms with Crippen molar-refractivity contribution in [1.82, 2.24) is 0 Å². The lowest BCUT2D eigenvalue weighted by molar-refractivity contribution is -0.121. The second-order valence-corrected chi connectivity index (χ2v) is 9.20. The maximum atomic E-state index is 13.7. The zero-order chi connectivity index (χ0) is 28.1. The van der Waals surface area contributed by atoms with Gasteiger partial charge in [0.25, 0.3) is 0 Å². The Balaban J connectivity index is 2.29. The van der Waals surface area contributed by atoms with E-state index in [1.165, 1.54) is 0 Å². The number of carbonyl (C=O) groups is 1. The number of nitrogens with two attached hydrogens (primary N) is 2. The van der Waals surface area contributed by atoms with Crippen LogP contribution in [0, 0.1) is 0 Å². The predicted molar refractivity (Wildman–Crippen MR) is 146 cm³/mol. The van der Waals surface area contributed by atoms with Crippen molar-refractivity contribution in [3.8, 4) is 11.5 Å². The minimum atomic E-state index is -0.474. The molecule has 0 saturated heterocycles. The summed E-state index contributed by atoms with van der Waals surface area (Å²) in [5.74, 6) is 0.438. The first-order valence-electron chi connectivity index (χ1n) is 12.9. The molecule has 2 aromatic carbocycles. The number of carbonyl (C=O) groups excluding carboxylic acids is 1. The average molecular weight is 533 g/mol. The summed E-state index contributed by atoms with van der Waals surface area (Å²) >= 11 is 0. The van der Waals surface area contributed by atoms with E-state index in [9.17, 15) is 4.79 Å². The summed E-state index contributed by atoms with van der Waals surface area (Å²) in [6.45, 7) is 5.43. The van der Waals surface area contributed by atoms with E-state index in [-0.39, 0.29) is 5.78 Å². The van der Waals surface area contributed by atoms with Crippen LogP contribution in [0.25, 0.3) is 0 Å². The van der Waals surface area contributed by atoms with Crippen LogP contribution in [0.2, 0.25) is 0 Å². The van der Waals surface area contributed by atoms with Crippen LogP contribution in [-0.2, 0) is 36.8 Å². The highest BCUT2D eigenvalue weighted by Gasteiger charge is 2.25. The third-order valence-electron chi connectivity index (χ3n) is 6.48. The zero-order valence-corrected chi connectivity index (χ0v) is 23.5. The van der Waals surface area contributed by atoms with Crippen molar-refractivity contribution in [2.45, 2.75) is 64.2 Å². The molecule has 4 N–H and O–H groups in total. The van der Waals surface area contributed by atoms with Crippen LogP contribution in [0.15, 0.2) is 36.4 Å². The number of Topliss-reactive ketones (excluding diaryl/α,β-unsaturated/α-hetero) is 1. The average Bonchev–Trinajstić information content (AvgIpc) is 2.95. The smallest absolute Gasteiger partial charge is 0.201 e. The number of hydrogen-bond acceptors (Lipinski definition) is 9. The third kappa shape index (κ3) is 9.34. The van der Waals surface area contributed by atoms with Gasteiger partial charge in [-0.3, -0.25) is 4.79 Å². The van der Waals surface area contributed by atoms with Gasteiger partial charge in [0.1, 0.15) is 17.3 Å². The minimum Gasteiger partial charge on any atom is -0.465 e. The summed E-state index contributed by atoms with van der Waals surface area (Å²) < 4.78 is 33.2. The van der Waals surface area contributed by atoms with Gasteiger partial charge in [-0.15, -0.1) is 0 Å². The van der Waals surface area contributed by atoms with Crippen LogP contribution in [0.1, 0.15) is 60.8 Å². The van der Waals surface area contributed by atoms with Crippen LogP contribution >= 0.6 is 0 Å². The highest BCUT2D eigenvalue weighted by Crippen LogP contribution is 2.32. The van der Waals surface area contributed by atoms with Crippen molar-refractivity contribution in [2.24, 2.45) is 11.5 Å². The zero-order valence-electron chi connectivity index (χ0n) is 23.5. The summed E-state index contributed by atoms with van der Waals surface area (Å²) in [6.07, 6.45) is 0.187. The van der Waals surface area contributed by atoms with Crippen molar-refractivity contribution in [3.05, 3.63) is 58.7 Å². The molecule has 0 aliphatic carbocycles.